The molecule has 0 atom stereocenters. The standard InChI is InChI=1S/C21H25N5O3S/c1-10-6-8-21(9-7-10)19(28)26(20(29)24-21)25-17(27)15-11(2)14-12(3)22-16(13-4-5-13)23-18(14)30-15/h10,13H,4-9H2,1-3H3,(H,24,29)(H,25,27). The zero-order valence-electron chi connectivity index (χ0n) is 17.4. The molecule has 3 heterocycles. The number of hydrazine groups is 1. The third-order valence-corrected chi connectivity index (χ3v) is 7.82. The molecule has 158 valence electrons. The maximum absolute atomic E-state index is 13.0. The lowest BCUT2D eigenvalue weighted by Gasteiger charge is -2.33. The minimum absolute atomic E-state index is 0.362. The zero-order chi connectivity index (χ0) is 21.2. The van der Waals surface area contributed by atoms with Crippen molar-refractivity contribution in [3.63, 3.8) is 0 Å². The SMILES string of the molecule is Cc1nc(C2CC2)nc2sc(C(=O)NN3C(=O)NC4(CCC(C)CC4)C3=O)c(C)c12. The van der Waals surface area contributed by atoms with E-state index in [2.05, 4.69) is 27.6 Å². The third-order valence-electron chi connectivity index (χ3n) is 6.64. The van der Waals surface area contributed by atoms with Crippen molar-refractivity contribution >= 4 is 39.4 Å². The van der Waals surface area contributed by atoms with Gasteiger partial charge in [0.15, 0.2) is 0 Å². The average molecular weight is 428 g/mol. The third kappa shape index (κ3) is 2.98. The zero-order valence-corrected chi connectivity index (χ0v) is 18.2. The number of aromatic nitrogens is 2. The van der Waals surface area contributed by atoms with Crippen LogP contribution in [-0.2, 0) is 4.79 Å². The molecule has 3 aliphatic rings. The van der Waals surface area contributed by atoms with E-state index in [4.69, 9.17) is 0 Å². The van der Waals surface area contributed by atoms with E-state index >= 15 is 0 Å². The molecule has 0 unspecified atom stereocenters. The van der Waals surface area contributed by atoms with Crippen LogP contribution in [0.2, 0.25) is 0 Å². The summed E-state index contributed by atoms with van der Waals surface area (Å²) in [5.41, 5.74) is 3.30. The quantitative estimate of drug-likeness (QED) is 0.731. The molecule has 2 aromatic rings. The first-order chi connectivity index (χ1) is 14.3. The predicted molar refractivity (Wildman–Crippen MR) is 112 cm³/mol. The molecule has 1 aliphatic heterocycles. The summed E-state index contributed by atoms with van der Waals surface area (Å²) in [5.74, 6) is 0.977. The maximum atomic E-state index is 13.0. The summed E-state index contributed by atoms with van der Waals surface area (Å²) in [7, 11) is 0. The van der Waals surface area contributed by atoms with Gasteiger partial charge in [0.2, 0.25) is 0 Å². The largest absolute Gasteiger partial charge is 0.344 e. The van der Waals surface area contributed by atoms with Crippen LogP contribution in [0.15, 0.2) is 0 Å². The van der Waals surface area contributed by atoms with Gasteiger partial charge in [0.1, 0.15) is 16.2 Å². The number of carbonyl (C=O) groups excluding carboxylic acids is 3. The fourth-order valence-corrected chi connectivity index (χ4v) is 5.70. The first-order valence-electron chi connectivity index (χ1n) is 10.5. The Balaban J connectivity index is 1.41. The molecule has 4 amide bonds. The first-order valence-corrected chi connectivity index (χ1v) is 11.4. The van der Waals surface area contributed by atoms with Gasteiger partial charge < -0.3 is 5.32 Å². The van der Waals surface area contributed by atoms with E-state index in [1.807, 2.05) is 13.8 Å². The molecule has 2 saturated carbocycles. The molecule has 9 heteroatoms. The van der Waals surface area contributed by atoms with Crippen LogP contribution in [0.5, 0.6) is 0 Å². The number of amides is 4. The Kier molecular flexibility index (Phi) is 4.36. The first kappa shape index (κ1) is 19.4. The van der Waals surface area contributed by atoms with Gasteiger partial charge in [-0.2, -0.15) is 5.01 Å². The monoisotopic (exact) mass is 427 g/mol. The number of hydrogen-bond donors (Lipinski definition) is 2. The van der Waals surface area contributed by atoms with Crippen molar-refractivity contribution in [3.05, 3.63) is 22.0 Å². The van der Waals surface area contributed by atoms with Gasteiger partial charge in [0.05, 0.1) is 10.6 Å². The van der Waals surface area contributed by atoms with E-state index in [0.717, 1.165) is 58.0 Å². The second-order valence-electron chi connectivity index (χ2n) is 8.95. The molecule has 3 fully saturated rings. The number of urea groups is 1. The molecule has 30 heavy (non-hydrogen) atoms. The van der Waals surface area contributed by atoms with E-state index in [-0.39, 0.29) is 5.91 Å². The Labute approximate surface area is 178 Å². The normalized spacial score (nSPS) is 26.5. The van der Waals surface area contributed by atoms with E-state index in [0.29, 0.717) is 29.6 Å². The lowest BCUT2D eigenvalue weighted by molar-refractivity contribution is -0.134. The maximum Gasteiger partial charge on any atom is 0.344 e. The van der Waals surface area contributed by atoms with Crippen LogP contribution in [0.3, 0.4) is 0 Å². The Morgan fingerprint density at radius 2 is 1.87 bits per heavy atom. The highest BCUT2D eigenvalue weighted by Crippen LogP contribution is 2.40. The molecule has 0 radical (unpaired) electrons. The number of thiophene rings is 1. The Bertz CT molecular complexity index is 1080. The Morgan fingerprint density at radius 3 is 2.53 bits per heavy atom. The van der Waals surface area contributed by atoms with Gasteiger partial charge in [-0.05, 0) is 63.9 Å². The van der Waals surface area contributed by atoms with E-state index in [1.54, 1.807) is 0 Å². The molecule has 5 rings (SSSR count). The molecule has 8 nitrogen and oxygen atoms in total. The van der Waals surface area contributed by atoms with Gasteiger partial charge in [0.25, 0.3) is 11.8 Å². The van der Waals surface area contributed by atoms with Crippen molar-refractivity contribution in [1.29, 1.82) is 0 Å². The number of aryl methyl sites for hydroxylation is 2. The summed E-state index contributed by atoms with van der Waals surface area (Å²) < 4.78 is 0. The Morgan fingerprint density at radius 1 is 1.17 bits per heavy atom. The predicted octanol–water partition coefficient (Wildman–Crippen LogP) is 3.33. The number of nitrogens with zero attached hydrogens (tertiary/aromatic N) is 3. The van der Waals surface area contributed by atoms with Crippen LogP contribution in [0.4, 0.5) is 4.79 Å². The Hall–Kier alpha value is -2.55. The summed E-state index contributed by atoms with van der Waals surface area (Å²) in [5, 5.41) is 4.56. The molecular formula is C21H25N5O3S. The molecule has 0 bridgehead atoms. The highest BCUT2D eigenvalue weighted by molar-refractivity contribution is 7.20. The molecule has 0 aromatic carbocycles. The van der Waals surface area contributed by atoms with E-state index in [1.165, 1.54) is 11.3 Å². The van der Waals surface area contributed by atoms with E-state index in [9.17, 15) is 14.4 Å². The van der Waals surface area contributed by atoms with Crippen LogP contribution in [-0.4, -0.2) is 38.4 Å². The summed E-state index contributed by atoms with van der Waals surface area (Å²) in [6.45, 7) is 5.94. The molecule has 2 N–H and O–H groups in total. The molecule has 2 aromatic heterocycles. The highest BCUT2D eigenvalue weighted by atomic mass is 32.1. The van der Waals surface area contributed by atoms with Crippen molar-refractivity contribution < 1.29 is 14.4 Å². The van der Waals surface area contributed by atoms with Crippen LogP contribution < -0.4 is 10.7 Å². The van der Waals surface area contributed by atoms with Crippen molar-refractivity contribution in [1.82, 2.24) is 25.7 Å². The average Bonchev–Trinajstić information content (AvgIpc) is 3.47. The number of carbonyl (C=O) groups is 3. The van der Waals surface area contributed by atoms with Crippen molar-refractivity contribution in [3.8, 4) is 0 Å². The molecule has 1 spiro atoms. The fraction of sp³-hybridized carbons (Fsp3) is 0.571. The van der Waals surface area contributed by atoms with Gasteiger partial charge in [0, 0.05) is 11.3 Å². The van der Waals surface area contributed by atoms with Crippen molar-refractivity contribution in [2.75, 3.05) is 0 Å². The lowest BCUT2D eigenvalue weighted by Crippen LogP contribution is -2.51. The number of nitrogens with one attached hydrogen (secondary N) is 2. The fourth-order valence-electron chi connectivity index (χ4n) is 4.57. The topological polar surface area (TPSA) is 104 Å². The van der Waals surface area contributed by atoms with Gasteiger partial charge in [-0.3, -0.25) is 15.0 Å². The summed E-state index contributed by atoms with van der Waals surface area (Å²) in [6.07, 6.45) is 5.18. The van der Waals surface area contributed by atoms with Crippen LogP contribution >= 0.6 is 11.3 Å². The second kappa shape index (κ2) is 6.73. The summed E-state index contributed by atoms with van der Waals surface area (Å²) in [6, 6.07) is -0.561. The molecule has 2 aliphatic carbocycles. The van der Waals surface area contributed by atoms with Crippen LogP contribution in [0.25, 0.3) is 10.2 Å². The molecular weight excluding hydrogens is 402 g/mol. The van der Waals surface area contributed by atoms with Gasteiger partial charge in [-0.15, -0.1) is 11.3 Å². The smallest absolute Gasteiger partial charge is 0.322 e. The second-order valence-corrected chi connectivity index (χ2v) is 9.95. The highest BCUT2D eigenvalue weighted by Gasteiger charge is 2.53. The van der Waals surface area contributed by atoms with Gasteiger partial charge in [-0.1, -0.05) is 6.92 Å². The number of fused-ring (bicyclic) bond motifs is 1. The minimum atomic E-state index is -0.882. The lowest BCUT2D eigenvalue weighted by atomic mass is 9.77. The number of hydrogen-bond acceptors (Lipinski definition) is 6. The summed E-state index contributed by atoms with van der Waals surface area (Å²) in [4.78, 5) is 49.1. The van der Waals surface area contributed by atoms with Crippen LogP contribution in [0, 0.1) is 19.8 Å². The van der Waals surface area contributed by atoms with Crippen molar-refractivity contribution in [2.24, 2.45) is 5.92 Å². The number of rotatable bonds is 3. The van der Waals surface area contributed by atoms with E-state index < -0.39 is 17.5 Å². The minimum Gasteiger partial charge on any atom is -0.322 e. The van der Waals surface area contributed by atoms with Gasteiger partial charge >= 0.3 is 6.03 Å². The van der Waals surface area contributed by atoms with Crippen LogP contribution in [0.1, 0.15) is 78.1 Å². The number of imide groups is 1. The molecule has 1 saturated heterocycles. The van der Waals surface area contributed by atoms with Crippen molar-refractivity contribution in [2.45, 2.75) is 70.8 Å². The summed E-state index contributed by atoms with van der Waals surface area (Å²) >= 11 is 1.29. The van der Waals surface area contributed by atoms with Gasteiger partial charge in [-0.25, -0.2) is 14.8 Å².